The summed E-state index contributed by atoms with van der Waals surface area (Å²) in [5.41, 5.74) is 2.60. The molecule has 2 heterocycles. The zero-order valence-corrected chi connectivity index (χ0v) is 20.8. The van der Waals surface area contributed by atoms with Crippen LogP contribution in [0.5, 0.6) is 0 Å². The standard InChI is InChI=1S/C25H30ClN5O3/c1-6-9-12-33-15-27-16(4)28-24-18(7-2)13-21(25(32)31(24)8-3)20-11-10-19(14-22(20)26)23-29-17(5)34-30-23/h7,10-11,13-14,27H,4,6,8-9,12,15H2,1-3,5H3/b18-7-,28-24+. The highest BCUT2D eigenvalue weighted by atomic mass is 35.5. The van der Waals surface area contributed by atoms with Crippen LogP contribution < -0.4 is 5.32 Å². The summed E-state index contributed by atoms with van der Waals surface area (Å²) in [4.78, 5) is 23.9. The van der Waals surface area contributed by atoms with Gasteiger partial charge in [0.15, 0.2) is 0 Å². The number of nitrogens with zero attached hydrogens (tertiary/aromatic N) is 4. The van der Waals surface area contributed by atoms with E-state index in [2.05, 4.69) is 34.0 Å². The van der Waals surface area contributed by atoms with Gasteiger partial charge in [-0.25, -0.2) is 4.99 Å². The third kappa shape index (κ3) is 5.81. The van der Waals surface area contributed by atoms with Crippen molar-refractivity contribution >= 4 is 28.9 Å². The number of amides is 1. The number of amidine groups is 1. The number of carbonyl (C=O) groups excluding carboxylic acids is 1. The van der Waals surface area contributed by atoms with Crippen molar-refractivity contribution in [3.8, 4) is 11.4 Å². The van der Waals surface area contributed by atoms with E-state index < -0.39 is 0 Å². The number of hydrogen-bond donors (Lipinski definition) is 1. The molecule has 0 fully saturated rings. The molecule has 9 heteroatoms. The molecule has 8 nitrogen and oxygen atoms in total. The third-order valence-corrected chi connectivity index (χ3v) is 5.54. The van der Waals surface area contributed by atoms with Crippen molar-refractivity contribution in [1.82, 2.24) is 20.4 Å². The van der Waals surface area contributed by atoms with Gasteiger partial charge in [0.05, 0.1) is 0 Å². The maximum absolute atomic E-state index is 13.4. The third-order valence-electron chi connectivity index (χ3n) is 5.22. The molecular weight excluding hydrogens is 454 g/mol. The molecule has 0 saturated carbocycles. The lowest BCUT2D eigenvalue weighted by atomic mass is 9.95. The number of ether oxygens (including phenoxy) is 1. The van der Waals surface area contributed by atoms with Crippen LogP contribution in [0.4, 0.5) is 0 Å². The van der Waals surface area contributed by atoms with Gasteiger partial charge in [0.25, 0.3) is 5.91 Å². The first kappa shape index (κ1) is 25.4. The summed E-state index contributed by atoms with van der Waals surface area (Å²) in [6.07, 6.45) is 5.77. The Balaban J connectivity index is 1.87. The minimum Gasteiger partial charge on any atom is -0.361 e. The molecule has 0 radical (unpaired) electrons. The minimum atomic E-state index is -0.191. The van der Waals surface area contributed by atoms with Crippen LogP contribution in [-0.4, -0.2) is 46.7 Å². The molecule has 1 aliphatic rings. The maximum Gasteiger partial charge on any atom is 0.260 e. The summed E-state index contributed by atoms with van der Waals surface area (Å²) < 4.78 is 10.6. The van der Waals surface area contributed by atoms with Gasteiger partial charge in [-0.2, -0.15) is 4.98 Å². The van der Waals surface area contributed by atoms with Crippen molar-refractivity contribution in [3.63, 3.8) is 0 Å². The average molecular weight is 484 g/mol. The van der Waals surface area contributed by atoms with Crippen LogP contribution in [0.3, 0.4) is 0 Å². The number of rotatable bonds is 10. The molecule has 3 rings (SSSR count). The number of aromatic nitrogens is 2. The van der Waals surface area contributed by atoms with Gasteiger partial charge in [-0.1, -0.05) is 54.9 Å². The second-order valence-corrected chi connectivity index (χ2v) is 8.06. The number of benzene rings is 1. The van der Waals surface area contributed by atoms with E-state index in [4.69, 9.17) is 20.9 Å². The van der Waals surface area contributed by atoms with Crippen molar-refractivity contribution in [2.75, 3.05) is 19.9 Å². The number of aliphatic imine (C=N–C) groups is 1. The second-order valence-electron chi connectivity index (χ2n) is 7.65. The Bertz CT molecular complexity index is 1150. The van der Waals surface area contributed by atoms with Crippen LogP contribution in [0.2, 0.25) is 5.02 Å². The summed E-state index contributed by atoms with van der Waals surface area (Å²) in [5.74, 6) is 1.67. The van der Waals surface area contributed by atoms with E-state index in [1.54, 1.807) is 30.0 Å². The van der Waals surface area contributed by atoms with Crippen molar-refractivity contribution in [3.05, 3.63) is 64.8 Å². The van der Waals surface area contributed by atoms with Crippen molar-refractivity contribution in [2.45, 2.75) is 40.5 Å². The molecule has 0 saturated heterocycles. The number of allylic oxidation sites excluding steroid dienone is 1. The van der Waals surface area contributed by atoms with Crippen LogP contribution in [-0.2, 0) is 9.53 Å². The van der Waals surface area contributed by atoms with E-state index in [-0.39, 0.29) is 5.91 Å². The summed E-state index contributed by atoms with van der Waals surface area (Å²) in [5, 5.41) is 7.38. The van der Waals surface area contributed by atoms with Gasteiger partial charge in [0.1, 0.15) is 18.4 Å². The minimum absolute atomic E-state index is 0.191. The molecule has 0 atom stereocenters. The Morgan fingerprint density at radius 2 is 2.18 bits per heavy atom. The summed E-state index contributed by atoms with van der Waals surface area (Å²) in [6.45, 7) is 13.0. The highest BCUT2D eigenvalue weighted by Crippen LogP contribution is 2.33. The van der Waals surface area contributed by atoms with Gasteiger partial charge < -0.3 is 14.6 Å². The van der Waals surface area contributed by atoms with E-state index in [1.165, 1.54) is 0 Å². The fourth-order valence-corrected chi connectivity index (χ4v) is 3.69. The van der Waals surface area contributed by atoms with Crippen molar-refractivity contribution in [1.29, 1.82) is 0 Å². The number of carbonyl (C=O) groups is 1. The predicted molar refractivity (Wildman–Crippen MR) is 134 cm³/mol. The molecule has 34 heavy (non-hydrogen) atoms. The molecule has 1 amide bonds. The maximum atomic E-state index is 13.4. The van der Waals surface area contributed by atoms with Crippen LogP contribution in [0.15, 0.2) is 57.8 Å². The molecule has 0 unspecified atom stereocenters. The highest BCUT2D eigenvalue weighted by Gasteiger charge is 2.30. The quantitative estimate of drug-likeness (QED) is 0.372. The van der Waals surface area contributed by atoms with Crippen molar-refractivity contribution < 1.29 is 14.1 Å². The number of hydrogen-bond acceptors (Lipinski definition) is 7. The van der Waals surface area contributed by atoms with E-state index >= 15 is 0 Å². The predicted octanol–water partition coefficient (Wildman–Crippen LogP) is 5.12. The van der Waals surface area contributed by atoms with Gasteiger partial charge in [0, 0.05) is 47.4 Å². The molecule has 0 spiro atoms. The van der Waals surface area contributed by atoms with Gasteiger partial charge in [0.2, 0.25) is 11.7 Å². The zero-order valence-electron chi connectivity index (χ0n) is 20.0. The second kappa shape index (κ2) is 11.8. The Morgan fingerprint density at radius 1 is 1.38 bits per heavy atom. The van der Waals surface area contributed by atoms with E-state index in [0.717, 1.165) is 18.4 Å². The van der Waals surface area contributed by atoms with Crippen LogP contribution in [0.25, 0.3) is 17.0 Å². The van der Waals surface area contributed by atoms with Gasteiger partial charge in [-0.3, -0.25) is 9.69 Å². The van der Waals surface area contributed by atoms with E-state index in [0.29, 0.717) is 65.0 Å². The first-order chi connectivity index (χ1) is 16.4. The smallest absolute Gasteiger partial charge is 0.260 e. The number of unbranched alkanes of at least 4 members (excludes halogenated alkanes) is 1. The Hall–Kier alpha value is -3.23. The largest absolute Gasteiger partial charge is 0.361 e. The molecule has 1 aromatic heterocycles. The first-order valence-corrected chi connectivity index (χ1v) is 11.7. The number of aryl methyl sites for hydroxylation is 1. The average Bonchev–Trinajstić information content (AvgIpc) is 3.26. The van der Waals surface area contributed by atoms with Crippen LogP contribution >= 0.6 is 11.6 Å². The van der Waals surface area contributed by atoms with Crippen molar-refractivity contribution in [2.24, 2.45) is 4.99 Å². The molecular formula is C25H30ClN5O3. The summed E-state index contributed by atoms with van der Waals surface area (Å²) >= 11 is 6.60. The Kier molecular flexibility index (Phi) is 8.79. The molecule has 1 aromatic carbocycles. The molecule has 2 aromatic rings. The topological polar surface area (TPSA) is 92.8 Å². The monoisotopic (exact) mass is 483 g/mol. The van der Waals surface area contributed by atoms with Gasteiger partial charge >= 0.3 is 0 Å². The molecule has 180 valence electrons. The fraction of sp³-hybridized carbons (Fsp3) is 0.360. The SMILES string of the molecule is C=C(/N=C1\C(=C/C)C=C(c2ccc(-c3noc(C)n3)cc2Cl)C(=O)N1CC)NCOCCCC. The van der Waals surface area contributed by atoms with Crippen LogP contribution in [0, 0.1) is 6.92 Å². The summed E-state index contributed by atoms with van der Waals surface area (Å²) in [6, 6.07) is 5.35. The molecule has 1 aliphatic heterocycles. The number of likely N-dealkylation sites (N-methyl/N-ethyl adjacent to an activating group) is 1. The molecule has 0 aliphatic carbocycles. The van der Waals surface area contributed by atoms with Gasteiger partial charge in [-0.15, -0.1) is 0 Å². The molecule has 1 N–H and O–H groups in total. The Labute approximate surface area is 205 Å². The first-order valence-electron chi connectivity index (χ1n) is 11.3. The lowest BCUT2D eigenvalue weighted by Gasteiger charge is -2.30. The number of halogens is 1. The van der Waals surface area contributed by atoms with Gasteiger partial charge in [-0.05, 0) is 32.4 Å². The molecule has 0 bridgehead atoms. The Morgan fingerprint density at radius 3 is 2.79 bits per heavy atom. The van der Waals surface area contributed by atoms with E-state index in [9.17, 15) is 4.79 Å². The lowest BCUT2D eigenvalue weighted by molar-refractivity contribution is -0.121. The van der Waals surface area contributed by atoms with Crippen LogP contribution in [0.1, 0.15) is 45.1 Å². The highest BCUT2D eigenvalue weighted by molar-refractivity contribution is 6.37. The number of nitrogens with one attached hydrogen (secondary N) is 1. The van der Waals surface area contributed by atoms with E-state index in [1.807, 2.05) is 26.0 Å². The zero-order chi connectivity index (χ0) is 24.7. The summed E-state index contributed by atoms with van der Waals surface area (Å²) in [7, 11) is 0. The normalized spacial score (nSPS) is 16.3. The lowest BCUT2D eigenvalue weighted by Crippen LogP contribution is -2.41. The fourth-order valence-electron chi connectivity index (χ4n) is 3.41.